The predicted molar refractivity (Wildman–Crippen MR) is 70.1 cm³/mol. The van der Waals surface area contributed by atoms with E-state index in [0.29, 0.717) is 35.6 Å². The summed E-state index contributed by atoms with van der Waals surface area (Å²) in [5.41, 5.74) is 0.654. The van der Waals surface area contributed by atoms with Crippen LogP contribution < -0.4 is 9.64 Å². The molecule has 0 aliphatic carbocycles. The van der Waals surface area contributed by atoms with Crippen molar-refractivity contribution >= 4 is 39.1 Å². The quantitative estimate of drug-likeness (QED) is 0.635. The number of aromatic nitrogens is 1. The molecule has 0 aromatic carbocycles. The summed E-state index contributed by atoms with van der Waals surface area (Å²) in [7, 11) is 1.53. The van der Waals surface area contributed by atoms with Crippen LogP contribution in [0.2, 0.25) is 5.15 Å². The van der Waals surface area contributed by atoms with Crippen molar-refractivity contribution in [1.29, 1.82) is 0 Å². The number of halogens is 2. The molecule has 0 spiro atoms. The average molecular weight is 320 g/mol. The van der Waals surface area contributed by atoms with Gasteiger partial charge in [0.1, 0.15) is 0 Å². The van der Waals surface area contributed by atoms with Crippen molar-refractivity contribution in [2.45, 2.75) is 6.42 Å². The van der Waals surface area contributed by atoms with Gasteiger partial charge in [-0.3, -0.25) is 4.79 Å². The highest BCUT2D eigenvalue weighted by molar-refractivity contribution is 9.09. The van der Waals surface area contributed by atoms with Gasteiger partial charge in [-0.2, -0.15) is 4.98 Å². The number of ether oxygens (including phenoxy) is 1. The SMILES string of the molecule is COc1ccc(N2CC(CBr)CC2=O)c(Cl)n1. The second-order valence-corrected chi connectivity index (χ2v) is 4.90. The minimum Gasteiger partial charge on any atom is -0.481 e. The Kier molecular flexibility index (Phi) is 3.89. The number of pyridine rings is 1. The van der Waals surface area contributed by atoms with Crippen LogP contribution in [0, 0.1) is 5.92 Å². The normalized spacial score (nSPS) is 19.8. The molecule has 1 aromatic heterocycles. The molecule has 4 nitrogen and oxygen atoms in total. The van der Waals surface area contributed by atoms with Crippen LogP contribution in [0.5, 0.6) is 5.88 Å². The summed E-state index contributed by atoms with van der Waals surface area (Å²) in [5.74, 6) is 0.867. The molecule has 1 amide bonds. The Hall–Kier alpha value is -0.810. The molecule has 17 heavy (non-hydrogen) atoms. The van der Waals surface area contributed by atoms with E-state index in [2.05, 4.69) is 20.9 Å². The average Bonchev–Trinajstić information content (AvgIpc) is 2.70. The number of carbonyl (C=O) groups excluding carboxylic acids is 1. The molecule has 1 aromatic rings. The Morgan fingerprint density at radius 2 is 2.41 bits per heavy atom. The summed E-state index contributed by atoms with van der Waals surface area (Å²) >= 11 is 9.45. The summed E-state index contributed by atoms with van der Waals surface area (Å²) in [6.07, 6.45) is 0.549. The Balaban J connectivity index is 2.26. The van der Waals surface area contributed by atoms with Gasteiger partial charge < -0.3 is 9.64 Å². The standard InChI is InChI=1S/C11H12BrClN2O2/c1-17-9-3-2-8(11(13)14-9)15-6-7(5-12)4-10(15)16/h2-3,7H,4-6H2,1H3. The van der Waals surface area contributed by atoms with Gasteiger partial charge in [0, 0.05) is 24.4 Å². The van der Waals surface area contributed by atoms with Crippen LogP contribution in [-0.2, 0) is 4.79 Å². The van der Waals surface area contributed by atoms with Crippen molar-refractivity contribution in [3.8, 4) is 5.88 Å². The Bertz CT molecular complexity index is 441. The number of methoxy groups -OCH3 is 1. The smallest absolute Gasteiger partial charge is 0.227 e. The number of hydrogen-bond donors (Lipinski definition) is 0. The lowest BCUT2D eigenvalue weighted by atomic mass is 10.2. The molecule has 0 radical (unpaired) electrons. The topological polar surface area (TPSA) is 42.4 Å². The minimum absolute atomic E-state index is 0.0864. The van der Waals surface area contributed by atoms with Crippen LogP contribution in [0.4, 0.5) is 5.69 Å². The fourth-order valence-electron chi connectivity index (χ4n) is 1.84. The van der Waals surface area contributed by atoms with Crippen molar-refractivity contribution in [2.24, 2.45) is 5.92 Å². The van der Waals surface area contributed by atoms with E-state index in [1.165, 1.54) is 7.11 Å². The Labute approximate surface area is 113 Å². The molecule has 1 atom stereocenters. The minimum atomic E-state index is 0.0864. The van der Waals surface area contributed by atoms with Crippen LogP contribution in [0.15, 0.2) is 12.1 Å². The first-order chi connectivity index (χ1) is 8.15. The fourth-order valence-corrected chi connectivity index (χ4v) is 2.53. The number of amides is 1. The zero-order chi connectivity index (χ0) is 12.4. The largest absolute Gasteiger partial charge is 0.481 e. The van der Waals surface area contributed by atoms with E-state index in [1.807, 2.05) is 0 Å². The highest BCUT2D eigenvalue weighted by atomic mass is 79.9. The van der Waals surface area contributed by atoms with E-state index in [0.717, 1.165) is 5.33 Å². The number of carbonyl (C=O) groups is 1. The molecule has 92 valence electrons. The van der Waals surface area contributed by atoms with Crippen LogP contribution in [0.3, 0.4) is 0 Å². The molecule has 0 N–H and O–H groups in total. The van der Waals surface area contributed by atoms with Gasteiger partial charge in [0.2, 0.25) is 11.8 Å². The van der Waals surface area contributed by atoms with Gasteiger partial charge >= 0.3 is 0 Å². The van der Waals surface area contributed by atoms with Crippen molar-refractivity contribution in [1.82, 2.24) is 4.98 Å². The maximum absolute atomic E-state index is 11.8. The number of alkyl halides is 1. The highest BCUT2D eigenvalue weighted by Crippen LogP contribution is 2.31. The van der Waals surface area contributed by atoms with Crippen LogP contribution in [-0.4, -0.2) is 29.9 Å². The van der Waals surface area contributed by atoms with Gasteiger partial charge in [-0.25, -0.2) is 0 Å². The lowest BCUT2D eigenvalue weighted by Crippen LogP contribution is -2.25. The fraction of sp³-hybridized carbons (Fsp3) is 0.455. The lowest BCUT2D eigenvalue weighted by molar-refractivity contribution is -0.117. The number of nitrogens with zero attached hydrogens (tertiary/aromatic N) is 2. The summed E-state index contributed by atoms with van der Waals surface area (Å²) in [4.78, 5) is 17.6. The molecular weight excluding hydrogens is 307 g/mol. The van der Waals surface area contributed by atoms with Gasteiger partial charge in [0.05, 0.1) is 12.8 Å². The lowest BCUT2D eigenvalue weighted by Gasteiger charge is -2.17. The summed E-state index contributed by atoms with van der Waals surface area (Å²) < 4.78 is 4.98. The van der Waals surface area contributed by atoms with Gasteiger partial charge in [0.15, 0.2) is 5.15 Å². The molecule has 2 rings (SSSR count). The third kappa shape index (κ3) is 2.55. The molecule has 1 fully saturated rings. The maximum Gasteiger partial charge on any atom is 0.227 e. The number of rotatable bonds is 3. The monoisotopic (exact) mass is 318 g/mol. The molecule has 1 unspecified atom stereocenters. The molecule has 1 saturated heterocycles. The molecule has 6 heteroatoms. The second-order valence-electron chi connectivity index (χ2n) is 3.89. The molecule has 1 aliphatic heterocycles. The molecular formula is C11H12BrClN2O2. The summed E-state index contributed by atoms with van der Waals surface area (Å²) in [6, 6.07) is 3.47. The van der Waals surface area contributed by atoms with Gasteiger partial charge in [-0.15, -0.1) is 0 Å². The Morgan fingerprint density at radius 3 is 2.94 bits per heavy atom. The number of hydrogen-bond acceptors (Lipinski definition) is 3. The van der Waals surface area contributed by atoms with Crippen LogP contribution in [0.25, 0.3) is 0 Å². The van der Waals surface area contributed by atoms with Crippen LogP contribution >= 0.6 is 27.5 Å². The van der Waals surface area contributed by atoms with Crippen LogP contribution in [0.1, 0.15) is 6.42 Å². The van der Waals surface area contributed by atoms with E-state index in [9.17, 15) is 4.79 Å². The van der Waals surface area contributed by atoms with E-state index >= 15 is 0 Å². The van der Waals surface area contributed by atoms with Crippen molar-refractivity contribution < 1.29 is 9.53 Å². The number of anilines is 1. The van der Waals surface area contributed by atoms with Gasteiger partial charge in [0.25, 0.3) is 0 Å². The van der Waals surface area contributed by atoms with E-state index in [4.69, 9.17) is 16.3 Å². The third-order valence-electron chi connectivity index (χ3n) is 2.73. The molecule has 0 bridgehead atoms. The van der Waals surface area contributed by atoms with Crippen molar-refractivity contribution in [3.05, 3.63) is 17.3 Å². The highest BCUT2D eigenvalue weighted by Gasteiger charge is 2.31. The van der Waals surface area contributed by atoms with E-state index in [1.54, 1.807) is 17.0 Å². The van der Waals surface area contributed by atoms with Crippen molar-refractivity contribution in [2.75, 3.05) is 23.9 Å². The maximum atomic E-state index is 11.8. The first-order valence-electron chi connectivity index (χ1n) is 5.22. The van der Waals surface area contributed by atoms with E-state index in [-0.39, 0.29) is 5.91 Å². The van der Waals surface area contributed by atoms with Gasteiger partial charge in [-0.05, 0) is 12.0 Å². The first-order valence-corrected chi connectivity index (χ1v) is 6.72. The third-order valence-corrected chi connectivity index (χ3v) is 3.92. The molecule has 1 aliphatic rings. The van der Waals surface area contributed by atoms with E-state index < -0.39 is 0 Å². The van der Waals surface area contributed by atoms with Gasteiger partial charge in [-0.1, -0.05) is 27.5 Å². The molecule has 2 heterocycles. The summed E-state index contributed by atoms with van der Waals surface area (Å²) in [6.45, 7) is 0.678. The Morgan fingerprint density at radius 1 is 1.65 bits per heavy atom. The zero-order valence-electron chi connectivity index (χ0n) is 9.32. The molecule has 0 saturated carbocycles. The second kappa shape index (κ2) is 5.23. The zero-order valence-corrected chi connectivity index (χ0v) is 11.7. The van der Waals surface area contributed by atoms with Crippen molar-refractivity contribution in [3.63, 3.8) is 0 Å². The predicted octanol–water partition coefficient (Wildman–Crippen LogP) is 2.49. The summed E-state index contributed by atoms with van der Waals surface area (Å²) in [5, 5.41) is 1.11. The first kappa shape index (κ1) is 12.6.